The van der Waals surface area contributed by atoms with E-state index in [1.807, 2.05) is 19.9 Å². The Bertz CT molecular complexity index is 1260. The monoisotopic (exact) mass is 667 g/mol. The Labute approximate surface area is 274 Å². The normalized spacial score (nSPS) is 28.4. The summed E-state index contributed by atoms with van der Waals surface area (Å²) < 4.78 is 16.8. The number of fused-ring (bicyclic) bond motifs is 15. The van der Waals surface area contributed by atoms with Crippen LogP contribution in [0.4, 0.5) is 0 Å². The molecular weight excluding hydrogens is 618 g/mol. The van der Waals surface area contributed by atoms with Gasteiger partial charge in [0, 0.05) is 29.9 Å². The fourth-order valence-electron chi connectivity index (χ4n) is 6.14. The average molecular weight is 668 g/mol. The van der Waals surface area contributed by atoms with Crippen LogP contribution in [0, 0.1) is 18.8 Å². The van der Waals surface area contributed by atoms with Gasteiger partial charge in [-0.15, -0.1) is 0 Å². The Morgan fingerprint density at radius 2 is 1.81 bits per heavy atom. The summed E-state index contributed by atoms with van der Waals surface area (Å²) >= 11 is 0. The molecule has 1 aromatic carbocycles. The van der Waals surface area contributed by atoms with E-state index >= 15 is 0 Å². The number of carbonyl (C=O) groups excluding carboxylic acids is 2. The predicted molar refractivity (Wildman–Crippen MR) is 170 cm³/mol. The number of nitrogens with one attached hydrogen (secondary N) is 1. The van der Waals surface area contributed by atoms with E-state index in [-0.39, 0.29) is 60.0 Å². The van der Waals surface area contributed by atoms with Gasteiger partial charge in [0.1, 0.15) is 23.5 Å². The van der Waals surface area contributed by atoms with Gasteiger partial charge in [-0.1, -0.05) is 32.1 Å². The first-order valence-electron chi connectivity index (χ1n) is 15.6. The SMILES string of the molecule is CCOc1c(C)c(OO)c2c3c1C(=O)O/C=C/CCC(OO)[C@H](OC)C(O)[C@H](C)CC(C)/C=C/C=C(/CO)C(=O)NC(CC3)C2.OO. The average Bonchev–Trinajstić information content (AvgIpc) is 3.06. The molecule has 0 saturated carbocycles. The summed E-state index contributed by atoms with van der Waals surface area (Å²) in [4.78, 5) is 36.1. The Balaban J connectivity index is 0.00000376. The quantitative estimate of drug-likeness (QED) is 0.130. The topological polar surface area (TPSA) is 214 Å². The molecule has 0 fully saturated rings. The maximum Gasteiger partial charge on any atom is 0.347 e. The zero-order valence-corrected chi connectivity index (χ0v) is 27.5. The lowest BCUT2D eigenvalue weighted by atomic mass is 9.82. The van der Waals surface area contributed by atoms with Crippen molar-refractivity contribution >= 4 is 11.9 Å². The van der Waals surface area contributed by atoms with Gasteiger partial charge in [-0.2, -0.15) is 0 Å². The summed E-state index contributed by atoms with van der Waals surface area (Å²) in [6, 6.07) is -0.364. The van der Waals surface area contributed by atoms with Crippen molar-refractivity contribution < 1.29 is 64.8 Å². The fraction of sp³-hybridized carbons (Fsp3) is 0.576. The van der Waals surface area contributed by atoms with Crippen molar-refractivity contribution in [3.05, 3.63) is 58.4 Å². The molecule has 3 aliphatic rings. The van der Waals surface area contributed by atoms with Gasteiger partial charge in [-0.05, 0) is 75.8 Å². The van der Waals surface area contributed by atoms with E-state index in [0.29, 0.717) is 42.4 Å². The van der Waals surface area contributed by atoms with Crippen molar-refractivity contribution in [2.24, 2.45) is 11.8 Å². The molecule has 1 amide bonds. The van der Waals surface area contributed by atoms with Crippen LogP contribution in [0.25, 0.3) is 0 Å². The minimum Gasteiger partial charge on any atom is -0.493 e. The number of amides is 1. The Morgan fingerprint density at radius 3 is 2.43 bits per heavy atom. The van der Waals surface area contributed by atoms with E-state index in [0.717, 1.165) is 0 Å². The van der Waals surface area contributed by atoms with Crippen LogP contribution in [0.1, 0.15) is 73.5 Å². The number of ether oxygens (including phenoxy) is 3. The van der Waals surface area contributed by atoms with Crippen LogP contribution in [-0.4, -0.2) is 87.8 Å². The number of allylic oxidation sites excluding steroid dienone is 4. The van der Waals surface area contributed by atoms with Gasteiger partial charge in [0.25, 0.3) is 0 Å². The standard InChI is InChI=1S/C33H47NO11.H2O2/c1-6-42-30-21(4)29(45-40)25-17-23-13-14-24(25)27(30)33(38)43-15-8-7-12-26(44-39)31(41-5)28(36)20(3)16-19(2)10-9-11-22(18-35)32(37)34-23;1-2/h8-11,15,19-20,23,26,28,31,35-36,39-40H,6-7,12-14,16-18H2,1-5H3,(H,34,37);1-2H/b10-9+,15-8+,22-11-;/t19?,20-,23?,26?,28?,31+;/m1./s1. The van der Waals surface area contributed by atoms with Gasteiger partial charge < -0.3 is 34.6 Å². The van der Waals surface area contributed by atoms with Crippen molar-refractivity contribution in [2.45, 2.75) is 90.6 Å². The molecule has 0 spiro atoms. The number of methoxy groups -OCH3 is 1. The summed E-state index contributed by atoms with van der Waals surface area (Å²) in [6.07, 6.45) is 7.62. The molecule has 1 aliphatic carbocycles. The van der Waals surface area contributed by atoms with E-state index in [4.69, 9.17) is 29.6 Å². The minimum absolute atomic E-state index is 0.00453. The van der Waals surface area contributed by atoms with Crippen molar-refractivity contribution in [1.82, 2.24) is 5.32 Å². The molecule has 4 unspecified atom stereocenters. The molecule has 47 heavy (non-hydrogen) atoms. The van der Waals surface area contributed by atoms with Crippen LogP contribution in [0.3, 0.4) is 0 Å². The highest BCUT2D eigenvalue weighted by molar-refractivity contribution is 5.97. The molecule has 6 atom stereocenters. The number of rotatable bonds is 6. The molecule has 264 valence electrons. The zero-order valence-electron chi connectivity index (χ0n) is 27.5. The van der Waals surface area contributed by atoms with E-state index in [2.05, 4.69) is 10.2 Å². The minimum atomic E-state index is -0.960. The molecule has 7 N–H and O–H groups in total. The second-order valence-corrected chi connectivity index (χ2v) is 11.7. The number of hydrogen-bond donors (Lipinski definition) is 7. The smallest absolute Gasteiger partial charge is 0.347 e. The van der Waals surface area contributed by atoms with Gasteiger partial charge in [0.2, 0.25) is 5.91 Å². The van der Waals surface area contributed by atoms with Crippen LogP contribution in [-0.2, 0) is 32.0 Å². The van der Waals surface area contributed by atoms with Crippen molar-refractivity contribution in [1.29, 1.82) is 0 Å². The second-order valence-electron chi connectivity index (χ2n) is 11.7. The van der Waals surface area contributed by atoms with Gasteiger partial charge in [0.05, 0.1) is 25.6 Å². The summed E-state index contributed by atoms with van der Waals surface area (Å²) in [5.74, 6) is -0.957. The first-order chi connectivity index (χ1) is 22.6. The van der Waals surface area contributed by atoms with Crippen LogP contribution in [0.5, 0.6) is 11.5 Å². The number of carbonyl (C=O) groups is 2. The molecular formula is C33H49NO13. The molecule has 14 heteroatoms. The van der Waals surface area contributed by atoms with E-state index < -0.39 is 36.8 Å². The number of esters is 1. The largest absolute Gasteiger partial charge is 0.493 e. The van der Waals surface area contributed by atoms with Crippen LogP contribution in [0.2, 0.25) is 0 Å². The molecule has 0 radical (unpaired) electrons. The molecule has 14 nitrogen and oxygen atoms in total. The number of aliphatic hydroxyl groups excluding tert-OH is 2. The summed E-state index contributed by atoms with van der Waals surface area (Å²) in [7, 11) is 1.43. The number of hydrogen-bond acceptors (Lipinski definition) is 13. The van der Waals surface area contributed by atoms with Gasteiger partial charge in [-0.3, -0.25) is 20.6 Å². The first kappa shape index (κ1) is 39.8. The van der Waals surface area contributed by atoms with E-state index in [1.54, 1.807) is 32.1 Å². The number of aliphatic hydroxyl groups is 2. The predicted octanol–water partition coefficient (Wildman–Crippen LogP) is 4.07. The second kappa shape index (κ2) is 20.1. The zero-order chi connectivity index (χ0) is 35.1. The summed E-state index contributed by atoms with van der Waals surface area (Å²) in [5, 5.41) is 55.4. The van der Waals surface area contributed by atoms with Crippen molar-refractivity contribution in [3.63, 3.8) is 0 Å². The third-order valence-corrected chi connectivity index (χ3v) is 8.49. The van der Waals surface area contributed by atoms with Gasteiger partial charge in [0.15, 0.2) is 5.75 Å². The molecule has 0 saturated heterocycles. The highest BCUT2D eigenvalue weighted by Crippen LogP contribution is 2.42. The molecule has 4 bridgehead atoms. The Kier molecular flexibility index (Phi) is 17.1. The first-order valence-corrected chi connectivity index (χ1v) is 15.6. The van der Waals surface area contributed by atoms with Crippen LogP contribution >= 0.6 is 0 Å². The summed E-state index contributed by atoms with van der Waals surface area (Å²) in [6.45, 7) is 7.04. The summed E-state index contributed by atoms with van der Waals surface area (Å²) in [5.41, 5.74) is 1.92. The molecule has 2 heterocycles. The third kappa shape index (κ3) is 10.3. The van der Waals surface area contributed by atoms with Gasteiger partial charge >= 0.3 is 5.97 Å². The van der Waals surface area contributed by atoms with E-state index in [9.17, 15) is 30.3 Å². The van der Waals surface area contributed by atoms with Crippen LogP contribution < -0.4 is 14.9 Å². The lowest BCUT2D eigenvalue weighted by Crippen LogP contribution is -2.43. The Hall–Kier alpha value is -3.34. The molecule has 1 aromatic rings. The van der Waals surface area contributed by atoms with Crippen LogP contribution in [0.15, 0.2) is 36.1 Å². The highest BCUT2D eigenvalue weighted by Gasteiger charge is 2.35. The lowest BCUT2D eigenvalue weighted by molar-refractivity contribution is -0.308. The lowest BCUT2D eigenvalue weighted by Gasteiger charge is -2.31. The molecule has 0 aromatic heterocycles. The fourth-order valence-corrected chi connectivity index (χ4v) is 6.14. The Morgan fingerprint density at radius 1 is 1.09 bits per heavy atom. The number of benzene rings is 1. The van der Waals surface area contributed by atoms with Crippen molar-refractivity contribution in [2.75, 3.05) is 20.3 Å². The molecule has 2 aliphatic heterocycles. The van der Waals surface area contributed by atoms with E-state index in [1.165, 1.54) is 13.4 Å². The maximum atomic E-state index is 13.5. The molecule has 4 rings (SSSR count). The van der Waals surface area contributed by atoms with Gasteiger partial charge in [-0.25, -0.2) is 14.9 Å². The maximum absolute atomic E-state index is 13.5. The third-order valence-electron chi connectivity index (χ3n) is 8.49. The highest BCUT2D eigenvalue weighted by atomic mass is 17.1. The van der Waals surface area contributed by atoms with Crippen molar-refractivity contribution in [3.8, 4) is 11.5 Å².